The average Bonchev–Trinajstić information content (AvgIpc) is 2.90. The highest BCUT2D eigenvalue weighted by Crippen LogP contribution is 2.33. The van der Waals surface area contributed by atoms with Crippen molar-refractivity contribution in [3.63, 3.8) is 0 Å². The molecule has 0 atom stereocenters. The van der Waals surface area contributed by atoms with Crippen LogP contribution in [0.5, 0.6) is 23.0 Å². The number of rotatable bonds is 12. The van der Waals surface area contributed by atoms with E-state index in [2.05, 4.69) is 0 Å². The van der Waals surface area contributed by atoms with E-state index in [9.17, 15) is 17.6 Å². The Hall–Kier alpha value is -3.83. The highest BCUT2D eigenvalue weighted by Gasteiger charge is 2.25. The van der Waals surface area contributed by atoms with Gasteiger partial charge >= 0.3 is 10.1 Å². The standard InChI is InChI=1S/C26H28FNO8S/c1-32-15-14-28(26(29)25-22(34-3)6-5-7-23(25)35-4)17-18-8-13-21(33-2)24(16-18)36-37(30,31)20-11-9-19(27)10-12-20/h5-13,16H,14-15,17H2,1-4H3. The van der Waals surface area contributed by atoms with Crippen molar-refractivity contribution in [2.24, 2.45) is 0 Å². The molecule has 0 aliphatic rings. The Balaban J connectivity index is 1.95. The quantitative estimate of drug-likeness (QED) is 0.323. The monoisotopic (exact) mass is 533 g/mol. The van der Waals surface area contributed by atoms with Crippen molar-refractivity contribution < 1.29 is 40.7 Å². The number of hydrogen-bond donors (Lipinski definition) is 0. The third-order valence-corrected chi connectivity index (χ3v) is 6.65. The smallest absolute Gasteiger partial charge is 0.339 e. The molecule has 0 spiro atoms. The molecule has 0 radical (unpaired) electrons. The van der Waals surface area contributed by atoms with Gasteiger partial charge in [-0.3, -0.25) is 4.79 Å². The molecular formula is C26H28FNO8S. The summed E-state index contributed by atoms with van der Waals surface area (Å²) in [5, 5.41) is 0. The Bertz CT molecular complexity index is 1310. The van der Waals surface area contributed by atoms with Crippen molar-refractivity contribution in [1.82, 2.24) is 4.90 Å². The van der Waals surface area contributed by atoms with Crippen LogP contribution in [0.4, 0.5) is 4.39 Å². The molecule has 3 rings (SSSR count). The van der Waals surface area contributed by atoms with Crippen LogP contribution in [-0.2, 0) is 21.4 Å². The molecule has 0 aliphatic heterocycles. The summed E-state index contributed by atoms with van der Waals surface area (Å²) in [6.07, 6.45) is 0. The van der Waals surface area contributed by atoms with Gasteiger partial charge in [-0.25, -0.2) is 4.39 Å². The number of nitrogens with zero attached hydrogens (tertiary/aromatic N) is 1. The largest absolute Gasteiger partial charge is 0.496 e. The molecule has 11 heteroatoms. The number of methoxy groups -OCH3 is 4. The molecule has 198 valence electrons. The van der Waals surface area contributed by atoms with Crippen LogP contribution in [0.25, 0.3) is 0 Å². The molecule has 0 aliphatic carbocycles. The second-order valence-electron chi connectivity index (χ2n) is 7.73. The van der Waals surface area contributed by atoms with Gasteiger partial charge in [-0.1, -0.05) is 12.1 Å². The topological polar surface area (TPSA) is 101 Å². The molecule has 3 aromatic carbocycles. The number of ether oxygens (including phenoxy) is 4. The van der Waals surface area contributed by atoms with Crippen molar-refractivity contribution in [3.05, 3.63) is 77.6 Å². The zero-order valence-electron chi connectivity index (χ0n) is 20.9. The van der Waals surface area contributed by atoms with Gasteiger partial charge in [0.2, 0.25) is 0 Å². The van der Waals surface area contributed by atoms with E-state index in [4.69, 9.17) is 23.1 Å². The second-order valence-corrected chi connectivity index (χ2v) is 9.28. The first-order valence-electron chi connectivity index (χ1n) is 11.1. The zero-order valence-corrected chi connectivity index (χ0v) is 21.7. The third-order valence-electron chi connectivity index (χ3n) is 5.40. The molecule has 0 unspecified atom stereocenters. The van der Waals surface area contributed by atoms with Crippen LogP contribution in [0.1, 0.15) is 15.9 Å². The highest BCUT2D eigenvalue weighted by molar-refractivity contribution is 7.87. The molecular weight excluding hydrogens is 505 g/mol. The molecule has 37 heavy (non-hydrogen) atoms. The zero-order chi connectivity index (χ0) is 27.0. The Morgan fingerprint density at radius 1 is 0.838 bits per heavy atom. The van der Waals surface area contributed by atoms with E-state index in [0.717, 1.165) is 24.3 Å². The van der Waals surface area contributed by atoms with E-state index < -0.39 is 15.9 Å². The first-order chi connectivity index (χ1) is 17.7. The van der Waals surface area contributed by atoms with Crippen LogP contribution in [0.3, 0.4) is 0 Å². The Morgan fingerprint density at radius 2 is 1.46 bits per heavy atom. The normalized spacial score (nSPS) is 11.1. The summed E-state index contributed by atoms with van der Waals surface area (Å²) in [6, 6.07) is 14.0. The summed E-state index contributed by atoms with van der Waals surface area (Å²) < 4.78 is 65.4. The SMILES string of the molecule is COCCN(Cc1ccc(OC)c(OS(=O)(=O)c2ccc(F)cc2)c1)C(=O)c1c(OC)cccc1OC. The van der Waals surface area contributed by atoms with Crippen LogP contribution >= 0.6 is 0 Å². The van der Waals surface area contributed by atoms with Gasteiger partial charge in [0.25, 0.3) is 5.91 Å². The summed E-state index contributed by atoms with van der Waals surface area (Å²) in [5.74, 6) is -0.185. The number of hydrogen-bond acceptors (Lipinski definition) is 8. The summed E-state index contributed by atoms with van der Waals surface area (Å²) in [5.41, 5.74) is 0.802. The van der Waals surface area contributed by atoms with Gasteiger partial charge in [0.15, 0.2) is 11.5 Å². The molecule has 1 amide bonds. The van der Waals surface area contributed by atoms with Gasteiger partial charge in [-0.05, 0) is 54.1 Å². The minimum absolute atomic E-state index is 0.0837. The van der Waals surface area contributed by atoms with E-state index in [1.54, 1.807) is 24.3 Å². The van der Waals surface area contributed by atoms with Crippen molar-refractivity contribution in [3.8, 4) is 23.0 Å². The van der Waals surface area contributed by atoms with Gasteiger partial charge in [-0.15, -0.1) is 0 Å². The average molecular weight is 534 g/mol. The number of carbonyl (C=O) groups excluding carboxylic acids is 1. The summed E-state index contributed by atoms with van der Waals surface area (Å²) in [4.78, 5) is 14.9. The fourth-order valence-electron chi connectivity index (χ4n) is 3.55. The van der Waals surface area contributed by atoms with E-state index >= 15 is 0 Å². The van der Waals surface area contributed by atoms with Gasteiger partial charge in [0, 0.05) is 20.2 Å². The minimum Gasteiger partial charge on any atom is -0.496 e. The fourth-order valence-corrected chi connectivity index (χ4v) is 4.48. The molecule has 0 N–H and O–H groups in total. The lowest BCUT2D eigenvalue weighted by atomic mass is 10.1. The molecule has 0 bridgehead atoms. The maximum absolute atomic E-state index is 13.6. The van der Waals surface area contributed by atoms with Gasteiger partial charge in [0.1, 0.15) is 27.8 Å². The van der Waals surface area contributed by atoms with Crippen molar-refractivity contribution in [2.45, 2.75) is 11.4 Å². The molecule has 0 heterocycles. The van der Waals surface area contributed by atoms with Gasteiger partial charge in [0.05, 0.1) is 27.9 Å². The van der Waals surface area contributed by atoms with E-state index in [1.807, 2.05) is 0 Å². The summed E-state index contributed by atoms with van der Waals surface area (Å²) in [7, 11) is 1.53. The summed E-state index contributed by atoms with van der Waals surface area (Å²) in [6.45, 7) is 0.564. The van der Waals surface area contributed by atoms with Crippen LogP contribution in [-0.4, -0.2) is 60.8 Å². The minimum atomic E-state index is -4.28. The molecule has 0 aromatic heterocycles. The fraction of sp³-hybridized carbons (Fsp3) is 0.269. The number of carbonyl (C=O) groups is 1. The number of halogens is 1. The first-order valence-corrected chi connectivity index (χ1v) is 12.5. The lowest BCUT2D eigenvalue weighted by Crippen LogP contribution is -2.34. The first kappa shape index (κ1) is 27.8. The Kier molecular flexibility index (Phi) is 9.31. The number of amides is 1. The van der Waals surface area contributed by atoms with Crippen LogP contribution in [0.15, 0.2) is 65.6 Å². The maximum Gasteiger partial charge on any atom is 0.339 e. The predicted octanol–water partition coefficient (Wildman–Crippen LogP) is 3.91. The van der Waals surface area contributed by atoms with E-state index in [0.29, 0.717) is 17.1 Å². The highest BCUT2D eigenvalue weighted by atomic mass is 32.2. The molecule has 0 saturated heterocycles. The van der Waals surface area contributed by atoms with E-state index in [-0.39, 0.29) is 47.6 Å². The van der Waals surface area contributed by atoms with Crippen molar-refractivity contribution >= 4 is 16.0 Å². The molecule has 0 saturated carbocycles. The van der Waals surface area contributed by atoms with Crippen LogP contribution in [0, 0.1) is 5.82 Å². The second kappa shape index (κ2) is 12.4. The third kappa shape index (κ3) is 6.69. The Morgan fingerprint density at radius 3 is 2.03 bits per heavy atom. The van der Waals surface area contributed by atoms with Gasteiger partial charge in [-0.2, -0.15) is 8.42 Å². The maximum atomic E-state index is 13.6. The molecule has 0 fully saturated rings. The van der Waals surface area contributed by atoms with Crippen molar-refractivity contribution in [1.29, 1.82) is 0 Å². The van der Waals surface area contributed by atoms with Crippen LogP contribution < -0.4 is 18.4 Å². The molecule has 3 aromatic rings. The predicted molar refractivity (Wildman–Crippen MR) is 133 cm³/mol. The Labute approximate surface area is 215 Å². The van der Waals surface area contributed by atoms with Gasteiger partial charge < -0.3 is 28.0 Å². The number of benzene rings is 3. The summed E-state index contributed by atoms with van der Waals surface area (Å²) >= 11 is 0. The lowest BCUT2D eigenvalue weighted by molar-refractivity contribution is 0.0673. The van der Waals surface area contributed by atoms with E-state index in [1.165, 1.54) is 45.5 Å². The van der Waals surface area contributed by atoms with Crippen molar-refractivity contribution in [2.75, 3.05) is 41.6 Å². The van der Waals surface area contributed by atoms with Crippen LogP contribution in [0.2, 0.25) is 0 Å². The molecule has 9 nitrogen and oxygen atoms in total. The lowest BCUT2D eigenvalue weighted by Gasteiger charge is -2.25.